The van der Waals surface area contributed by atoms with Crippen LogP contribution in [0.15, 0.2) is 12.1 Å². The number of hydrogen-bond donors (Lipinski definition) is 0. The Morgan fingerprint density at radius 1 is 1.10 bits per heavy atom. The van der Waals surface area contributed by atoms with Gasteiger partial charge < -0.3 is 0 Å². The highest BCUT2D eigenvalue weighted by atomic mass is 19.4. The zero-order valence-electron chi connectivity index (χ0n) is 10.5. The fourth-order valence-corrected chi connectivity index (χ4v) is 2.38. The maximum atomic E-state index is 12.9. The van der Waals surface area contributed by atoms with Gasteiger partial charge in [-0.2, -0.15) is 26.3 Å². The number of halogens is 6. The molecule has 2 heterocycles. The predicted octanol–water partition coefficient (Wildman–Crippen LogP) is 3.89. The van der Waals surface area contributed by atoms with E-state index in [0.717, 1.165) is 0 Å². The van der Waals surface area contributed by atoms with Crippen molar-refractivity contribution in [1.82, 2.24) is 9.88 Å². The first kappa shape index (κ1) is 15.1. The van der Waals surface area contributed by atoms with Crippen molar-refractivity contribution in [2.75, 3.05) is 13.6 Å². The molecule has 1 aliphatic heterocycles. The van der Waals surface area contributed by atoms with Crippen molar-refractivity contribution < 1.29 is 26.3 Å². The third kappa shape index (κ3) is 2.89. The Balaban J connectivity index is 2.54. The second kappa shape index (κ2) is 4.91. The van der Waals surface area contributed by atoms with Crippen LogP contribution in [-0.2, 0) is 12.4 Å². The SMILES string of the molecule is CN1CCC[C@@H]1c1nc(C(F)(F)F)ccc1C(F)(F)F. The van der Waals surface area contributed by atoms with Crippen molar-refractivity contribution in [2.24, 2.45) is 0 Å². The van der Waals surface area contributed by atoms with E-state index >= 15 is 0 Å². The number of hydrogen-bond acceptors (Lipinski definition) is 2. The fraction of sp³-hybridized carbons (Fsp3) is 0.583. The quantitative estimate of drug-likeness (QED) is 0.731. The molecule has 1 aromatic heterocycles. The van der Waals surface area contributed by atoms with Crippen LogP contribution in [0.2, 0.25) is 0 Å². The molecule has 1 saturated heterocycles. The Kier molecular flexibility index (Phi) is 3.70. The Morgan fingerprint density at radius 2 is 1.75 bits per heavy atom. The molecule has 2 nitrogen and oxygen atoms in total. The lowest BCUT2D eigenvalue weighted by molar-refractivity contribution is -0.145. The molecule has 20 heavy (non-hydrogen) atoms. The monoisotopic (exact) mass is 298 g/mol. The fourth-order valence-electron chi connectivity index (χ4n) is 2.38. The number of nitrogens with zero attached hydrogens (tertiary/aromatic N) is 2. The van der Waals surface area contributed by atoms with Crippen molar-refractivity contribution in [2.45, 2.75) is 31.2 Å². The van der Waals surface area contributed by atoms with Gasteiger partial charge in [-0.15, -0.1) is 0 Å². The van der Waals surface area contributed by atoms with Gasteiger partial charge in [0.25, 0.3) is 0 Å². The summed E-state index contributed by atoms with van der Waals surface area (Å²) in [6.45, 7) is 0.542. The van der Waals surface area contributed by atoms with Crippen LogP contribution in [-0.4, -0.2) is 23.5 Å². The van der Waals surface area contributed by atoms with Gasteiger partial charge in [-0.3, -0.25) is 4.90 Å². The van der Waals surface area contributed by atoms with E-state index in [1.165, 1.54) is 0 Å². The third-order valence-corrected chi connectivity index (χ3v) is 3.36. The normalized spacial score (nSPS) is 21.4. The average Bonchev–Trinajstić information content (AvgIpc) is 2.72. The van der Waals surface area contributed by atoms with E-state index in [1.807, 2.05) is 0 Å². The van der Waals surface area contributed by atoms with E-state index in [4.69, 9.17) is 0 Å². The third-order valence-electron chi connectivity index (χ3n) is 3.36. The molecule has 112 valence electrons. The van der Waals surface area contributed by atoms with Crippen LogP contribution < -0.4 is 0 Å². The van der Waals surface area contributed by atoms with Crippen molar-refractivity contribution in [3.63, 3.8) is 0 Å². The molecule has 1 fully saturated rings. The van der Waals surface area contributed by atoms with Crippen molar-refractivity contribution in [3.05, 3.63) is 29.1 Å². The summed E-state index contributed by atoms with van der Waals surface area (Å²) in [4.78, 5) is 4.85. The first-order valence-electron chi connectivity index (χ1n) is 5.96. The van der Waals surface area contributed by atoms with Crippen LogP contribution in [0, 0.1) is 0 Å². The van der Waals surface area contributed by atoms with E-state index in [9.17, 15) is 26.3 Å². The summed E-state index contributed by atoms with van der Waals surface area (Å²) in [5.41, 5.74) is -2.92. The first-order chi connectivity index (χ1) is 9.10. The van der Waals surface area contributed by atoms with Crippen molar-refractivity contribution in [3.8, 4) is 0 Å². The zero-order chi connectivity index (χ0) is 15.1. The van der Waals surface area contributed by atoms with Gasteiger partial charge in [0.2, 0.25) is 0 Å². The van der Waals surface area contributed by atoms with E-state index in [0.29, 0.717) is 31.5 Å². The molecule has 0 aromatic carbocycles. The minimum Gasteiger partial charge on any atom is -0.298 e. The Morgan fingerprint density at radius 3 is 2.20 bits per heavy atom. The molecular formula is C12H12F6N2. The minimum atomic E-state index is -4.75. The molecule has 0 saturated carbocycles. The van der Waals surface area contributed by atoms with E-state index < -0.39 is 35.3 Å². The van der Waals surface area contributed by atoms with Gasteiger partial charge in [-0.25, -0.2) is 4.98 Å². The van der Waals surface area contributed by atoms with Crippen molar-refractivity contribution in [1.29, 1.82) is 0 Å². The molecule has 0 unspecified atom stereocenters. The summed E-state index contributed by atoms with van der Waals surface area (Å²) in [5, 5.41) is 0. The Hall–Kier alpha value is -1.31. The summed E-state index contributed by atoms with van der Waals surface area (Å²) in [6.07, 6.45) is -8.46. The highest BCUT2D eigenvalue weighted by Crippen LogP contribution is 2.40. The maximum absolute atomic E-state index is 12.9. The van der Waals surface area contributed by atoms with Gasteiger partial charge in [-0.05, 0) is 38.6 Å². The van der Waals surface area contributed by atoms with Crippen LogP contribution in [0.4, 0.5) is 26.3 Å². The molecule has 0 radical (unpaired) electrons. The molecule has 0 bridgehead atoms. The molecule has 1 aromatic rings. The van der Waals surface area contributed by atoms with Gasteiger partial charge >= 0.3 is 12.4 Å². The van der Waals surface area contributed by atoms with Crippen molar-refractivity contribution >= 4 is 0 Å². The lowest BCUT2D eigenvalue weighted by Crippen LogP contribution is -2.24. The van der Waals surface area contributed by atoms with Gasteiger partial charge in [0, 0.05) is 0 Å². The topological polar surface area (TPSA) is 16.1 Å². The van der Waals surface area contributed by atoms with E-state index in [2.05, 4.69) is 4.98 Å². The number of aromatic nitrogens is 1. The molecule has 0 amide bonds. The highest BCUT2D eigenvalue weighted by Gasteiger charge is 2.41. The summed E-state index contributed by atoms with van der Waals surface area (Å²) in [6, 6.07) is 0.118. The second-order valence-electron chi connectivity index (χ2n) is 4.76. The lowest BCUT2D eigenvalue weighted by Gasteiger charge is -2.23. The summed E-state index contributed by atoms with van der Waals surface area (Å²) in [5.74, 6) is 0. The molecule has 8 heteroatoms. The smallest absolute Gasteiger partial charge is 0.298 e. The summed E-state index contributed by atoms with van der Waals surface area (Å²) < 4.78 is 76.6. The largest absolute Gasteiger partial charge is 0.433 e. The molecular weight excluding hydrogens is 286 g/mol. The number of rotatable bonds is 1. The lowest BCUT2D eigenvalue weighted by atomic mass is 10.0. The first-order valence-corrected chi connectivity index (χ1v) is 5.96. The number of alkyl halides is 6. The van der Waals surface area contributed by atoms with Crippen LogP contribution in [0.1, 0.15) is 35.8 Å². The van der Waals surface area contributed by atoms with Gasteiger partial charge in [0.05, 0.1) is 17.3 Å². The summed E-state index contributed by atoms with van der Waals surface area (Å²) >= 11 is 0. The summed E-state index contributed by atoms with van der Waals surface area (Å²) in [7, 11) is 1.58. The van der Waals surface area contributed by atoms with Gasteiger partial charge in [0.15, 0.2) is 0 Å². The maximum Gasteiger partial charge on any atom is 0.433 e. The number of likely N-dealkylation sites (tertiary alicyclic amines) is 1. The molecule has 1 atom stereocenters. The number of pyridine rings is 1. The van der Waals surface area contributed by atoms with E-state index in [1.54, 1.807) is 11.9 Å². The standard InChI is InChI=1S/C12H12F6N2/c1-20-6-2-3-8(20)10-7(11(13,14)15)4-5-9(19-10)12(16,17)18/h4-5,8H,2-3,6H2,1H3/t8-/m1/s1. The van der Waals surface area contributed by atoms with Crippen LogP contribution in [0.3, 0.4) is 0 Å². The highest BCUT2D eigenvalue weighted by molar-refractivity contribution is 5.30. The average molecular weight is 298 g/mol. The predicted molar refractivity (Wildman–Crippen MR) is 58.8 cm³/mol. The Bertz CT molecular complexity index is 494. The molecule has 0 N–H and O–H groups in total. The molecule has 2 rings (SSSR count). The Labute approximate surface area is 111 Å². The van der Waals surface area contributed by atoms with Gasteiger partial charge in [-0.1, -0.05) is 0 Å². The zero-order valence-corrected chi connectivity index (χ0v) is 10.5. The second-order valence-corrected chi connectivity index (χ2v) is 4.76. The van der Waals surface area contributed by atoms with E-state index in [-0.39, 0.29) is 0 Å². The molecule has 0 aliphatic carbocycles. The van der Waals surface area contributed by atoms with Gasteiger partial charge in [0.1, 0.15) is 5.69 Å². The van der Waals surface area contributed by atoms with Crippen LogP contribution >= 0.6 is 0 Å². The molecule has 0 spiro atoms. The van der Waals surface area contributed by atoms with Crippen LogP contribution in [0.5, 0.6) is 0 Å². The van der Waals surface area contributed by atoms with Crippen LogP contribution in [0.25, 0.3) is 0 Å². The molecule has 1 aliphatic rings. The minimum absolute atomic E-state index is 0.369.